The molecule has 0 aliphatic carbocycles. The Morgan fingerprint density at radius 3 is 2.29 bits per heavy atom. The number of fused-ring (bicyclic) bond motifs is 3. The van der Waals surface area contributed by atoms with E-state index < -0.39 is 0 Å². The van der Waals surface area contributed by atoms with Gasteiger partial charge < -0.3 is 29.2 Å². The molecular formula is C39H35N3O6. The third-order valence-corrected chi connectivity index (χ3v) is 9.66. The van der Waals surface area contributed by atoms with Crippen LogP contribution >= 0.6 is 0 Å². The van der Waals surface area contributed by atoms with Gasteiger partial charge in [0.25, 0.3) is 11.8 Å². The molecule has 0 spiro atoms. The molecule has 9 nitrogen and oxygen atoms in total. The summed E-state index contributed by atoms with van der Waals surface area (Å²) in [6, 6.07) is 29.2. The minimum atomic E-state index is -0.381. The number of aliphatic hydroxyl groups excluding tert-OH is 1. The Bertz CT molecular complexity index is 2020. The number of para-hydroxylation sites is 1. The highest BCUT2D eigenvalue weighted by molar-refractivity contribution is 6.12. The number of aliphatic hydroxyl groups is 1. The van der Waals surface area contributed by atoms with Crippen LogP contribution in [0.5, 0.6) is 17.2 Å². The zero-order valence-electron chi connectivity index (χ0n) is 26.3. The monoisotopic (exact) mass is 641 g/mol. The zero-order valence-corrected chi connectivity index (χ0v) is 26.3. The summed E-state index contributed by atoms with van der Waals surface area (Å²) in [6.07, 6.45) is 3.14. The summed E-state index contributed by atoms with van der Waals surface area (Å²) >= 11 is 0. The number of hydrogen-bond acceptors (Lipinski definition) is 6. The maximum atomic E-state index is 14.7. The van der Waals surface area contributed by atoms with Crippen molar-refractivity contribution in [2.75, 3.05) is 18.3 Å². The molecule has 1 atom stereocenters. The van der Waals surface area contributed by atoms with Gasteiger partial charge in [0.1, 0.15) is 5.75 Å². The number of aromatic hydroxyl groups is 1. The SMILES string of the molecule is O=C(c1cc(-c2cc3c(cc2C(=O)N2Cc4ccccc4C[C@H]2CO)OCO3)n2c1CCCC2)N(c1ccccc1)c1ccc(O)cc1. The van der Waals surface area contributed by atoms with Crippen LogP contribution in [0, 0.1) is 0 Å². The van der Waals surface area contributed by atoms with Gasteiger partial charge in [0.15, 0.2) is 11.5 Å². The standard InChI is InChI=1S/C39H35N3O6/c43-23-29-18-25-8-4-5-9-26(25)22-41(29)38(45)32-21-37-36(47-24-48-37)20-31(32)35-19-33(34-12-6-7-17-40(34)35)39(46)42(27-10-2-1-3-11-27)28-13-15-30(44)16-14-28/h1-5,8-11,13-16,19-21,29,43-44H,6-7,12,17-18,22-24H2/t29-/m0/s1. The Hall–Kier alpha value is -5.54. The number of carbonyl (C=O) groups is 2. The lowest BCUT2D eigenvalue weighted by Gasteiger charge is -2.36. The molecule has 8 rings (SSSR count). The Kier molecular flexibility index (Phi) is 7.61. The summed E-state index contributed by atoms with van der Waals surface area (Å²) in [4.78, 5) is 32.7. The maximum Gasteiger partial charge on any atom is 0.264 e. The van der Waals surface area contributed by atoms with Crippen molar-refractivity contribution in [2.24, 2.45) is 0 Å². The van der Waals surface area contributed by atoms with Crippen LogP contribution in [0.2, 0.25) is 0 Å². The Morgan fingerprint density at radius 1 is 0.812 bits per heavy atom. The van der Waals surface area contributed by atoms with Crippen LogP contribution in [-0.4, -0.2) is 50.9 Å². The van der Waals surface area contributed by atoms with Crippen molar-refractivity contribution in [2.45, 2.75) is 44.8 Å². The first-order valence-corrected chi connectivity index (χ1v) is 16.3. The molecule has 0 radical (unpaired) electrons. The number of hydrogen-bond donors (Lipinski definition) is 2. The van der Waals surface area contributed by atoms with Gasteiger partial charge in [-0.15, -0.1) is 0 Å². The van der Waals surface area contributed by atoms with Crippen molar-refractivity contribution < 1.29 is 29.3 Å². The van der Waals surface area contributed by atoms with Gasteiger partial charge in [0.2, 0.25) is 6.79 Å². The third-order valence-electron chi connectivity index (χ3n) is 9.66. The Morgan fingerprint density at radius 2 is 1.52 bits per heavy atom. The van der Waals surface area contributed by atoms with E-state index >= 15 is 0 Å². The average molecular weight is 642 g/mol. The van der Waals surface area contributed by atoms with Crippen LogP contribution in [0.3, 0.4) is 0 Å². The largest absolute Gasteiger partial charge is 0.508 e. The Labute approximate surface area is 278 Å². The van der Waals surface area contributed by atoms with Gasteiger partial charge in [-0.25, -0.2) is 0 Å². The molecule has 9 heteroatoms. The number of amides is 2. The molecule has 3 aliphatic heterocycles. The molecular weight excluding hydrogens is 606 g/mol. The molecule has 0 saturated carbocycles. The summed E-state index contributed by atoms with van der Waals surface area (Å²) in [5.41, 5.74) is 6.82. The number of nitrogens with zero attached hydrogens (tertiary/aromatic N) is 3. The second-order valence-corrected chi connectivity index (χ2v) is 12.5. The second-order valence-electron chi connectivity index (χ2n) is 12.5. The quantitative estimate of drug-likeness (QED) is 0.221. The summed E-state index contributed by atoms with van der Waals surface area (Å²) < 4.78 is 13.7. The Balaban J connectivity index is 1.26. The summed E-state index contributed by atoms with van der Waals surface area (Å²) in [6.45, 7) is 0.965. The minimum absolute atomic E-state index is 0.0530. The predicted octanol–water partition coefficient (Wildman–Crippen LogP) is 6.46. The van der Waals surface area contributed by atoms with E-state index in [-0.39, 0.29) is 37.0 Å². The molecule has 0 fully saturated rings. The van der Waals surface area contributed by atoms with E-state index in [0.29, 0.717) is 65.5 Å². The molecule has 242 valence electrons. The van der Waals surface area contributed by atoms with Gasteiger partial charge in [-0.3, -0.25) is 14.5 Å². The summed E-state index contributed by atoms with van der Waals surface area (Å²) in [7, 11) is 0. The third kappa shape index (κ3) is 5.16. The first-order valence-electron chi connectivity index (χ1n) is 16.3. The van der Waals surface area contributed by atoms with Gasteiger partial charge in [-0.05, 0) is 91.4 Å². The molecule has 2 amide bonds. The molecule has 4 heterocycles. The number of phenols is 1. The van der Waals surface area contributed by atoms with Gasteiger partial charge >= 0.3 is 0 Å². The molecule has 0 bridgehead atoms. The fourth-order valence-corrected chi connectivity index (χ4v) is 7.24. The van der Waals surface area contributed by atoms with Crippen molar-refractivity contribution in [3.63, 3.8) is 0 Å². The van der Waals surface area contributed by atoms with E-state index in [1.807, 2.05) is 66.7 Å². The fourth-order valence-electron chi connectivity index (χ4n) is 7.24. The normalized spacial score (nSPS) is 16.3. The lowest BCUT2D eigenvalue weighted by atomic mass is 9.92. The summed E-state index contributed by atoms with van der Waals surface area (Å²) in [5.74, 6) is 0.725. The van der Waals surface area contributed by atoms with Crippen LogP contribution in [0.15, 0.2) is 97.1 Å². The van der Waals surface area contributed by atoms with E-state index in [2.05, 4.69) is 4.57 Å². The number of phenolic OH excluding ortho intramolecular Hbond substituents is 1. The number of anilines is 2. The minimum Gasteiger partial charge on any atom is -0.508 e. The number of aromatic nitrogens is 1. The molecule has 1 aromatic heterocycles. The van der Waals surface area contributed by atoms with Crippen molar-refractivity contribution in [3.05, 3.63) is 125 Å². The van der Waals surface area contributed by atoms with Crippen molar-refractivity contribution in [1.29, 1.82) is 0 Å². The van der Waals surface area contributed by atoms with Gasteiger partial charge in [-0.2, -0.15) is 0 Å². The summed E-state index contributed by atoms with van der Waals surface area (Å²) in [5, 5.41) is 20.4. The van der Waals surface area contributed by atoms with Gasteiger partial charge in [0.05, 0.1) is 23.8 Å². The number of rotatable bonds is 6. The van der Waals surface area contributed by atoms with E-state index in [1.165, 1.54) is 0 Å². The molecule has 3 aliphatic rings. The second kappa shape index (κ2) is 12.2. The van der Waals surface area contributed by atoms with Crippen LogP contribution in [-0.2, 0) is 25.9 Å². The van der Waals surface area contributed by atoms with E-state index in [0.717, 1.165) is 35.4 Å². The molecule has 0 unspecified atom stereocenters. The first-order chi connectivity index (χ1) is 23.5. The van der Waals surface area contributed by atoms with Crippen molar-refractivity contribution >= 4 is 23.2 Å². The van der Waals surface area contributed by atoms with Crippen molar-refractivity contribution in [3.8, 4) is 28.5 Å². The highest BCUT2D eigenvalue weighted by Crippen LogP contribution is 2.43. The highest BCUT2D eigenvalue weighted by Gasteiger charge is 2.35. The number of carbonyl (C=O) groups excluding carboxylic acids is 2. The molecule has 0 saturated heterocycles. The molecule has 2 N–H and O–H groups in total. The van der Waals surface area contributed by atoms with Crippen LogP contribution in [0.25, 0.3) is 11.3 Å². The smallest absolute Gasteiger partial charge is 0.264 e. The number of ether oxygens (including phenoxy) is 2. The topological polar surface area (TPSA) is 104 Å². The van der Waals surface area contributed by atoms with Crippen LogP contribution < -0.4 is 14.4 Å². The van der Waals surface area contributed by atoms with E-state index in [9.17, 15) is 19.8 Å². The highest BCUT2D eigenvalue weighted by atomic mass is 16.7. The maximum absolute atomic E-state index is 14.7. The van der Waals surface area contributed by atoms with Crippen molar-refractivity contribution in [1.82, 2.24) is 9.47 Å². The number of benzene rings is 4. The zero-order chi connectivity index (χ0) is 32.8. The lowest BCUT2D eigenvalue weighted by Crippen LogP contribution is -2.46. The predicted molar refractivity (Wildman–Crippen MR) is 181 cm³/mol. The van der Waals surface area contributed by atoms with Gasteiger partial charge in [-0.1, -0.05) is 42.5 Å². The van der Waals surface area contributed by atoms with Crippen LogP contribution in [0.1, 0.15) is 50.4 Å². The average Bonchev–Trinajstić information content (AvgIpc) is 3.76. The molecule has 4 aromatic carbocycles. The first kappa shape index (κ1) is 29.8. The fraction of sp³-hybridized carbons (Fsp3) is 0.231. The van der Waals surface area contributed by atoms with E-state index in [4.69, 9.17) is 9.47 Å². The van der Waals surface area contributed by atoms with Crippen LogP contribution in [0.4, 0.5) is 11.4 Å². The van der Waals surface area contributed by atoms with E-state index in [1.54, 1.807) is 40.1 Å². The molecule has 5 aromatic rings. The van der Waals surface area contributed by atoms with Gasteiger partial charge in [0, 0.05) is 41.4 Å². The molecule has 48 heavy (non-hydrogen) atoms. The lowest BCUT2D eigenvalue weighted by molar-refractivity contribution is 0.0544.